The smallest absolute Gasteiger partial charge is 0.0950 e. The molecule has 70 valence electrons. The Bertz CT molecular complexity index is 252. The van der Waals surface area contributed by atoms with E-state index in [-0.39, 0.29) is 6.10 Å². The molecule has 1 aliphatic rings. The molecule has 0 unspecified atom stereocenters. The number of nitrogens with one attached hydrogen (secondary N) is 1. The summed E-state index contributed by atoms with van der Waals surface area (Å²) in [5, 5.41) is 3.41. The molecule has 1 aromatic rings. The molecule has 1 aliphatic heterocycles. The number of morpholine rings is 1. The lowest BCUT2D eigenvalue weighted by Crippen LogP contribution is -2.40. The highest BCUT2D eigenvalue weighted by molar-refractivity contribution is 5.18. The first kappa shape index (κ1) is 8.73. The molecule has 0 aliphatic carbocycles. The van der Waals surface area contributed by atoms with Gasteiger partial charge in [-0.2, -0.15) is 0 Å². The number of ether oxygens (including phenoxy) is 1. The Morgan fingerprint density at radius 3 is 2.69 bits per heavy atom. The summed E-state index contributed by atoms with van der Waals surface area (Å²) >= 11 is 0. The van der Waals surface area contributed by atoms with Crippen molar-refractivity contribution in [3.8, 4) is 0 Å². The molecule has 1 fully saturated rings. The molecule has 1 heterocycles. The summed E-state index contributed by atoms with van der Waals surface area (Å²) in [5.74, 6) is 0. The summed E-state index contributed by atoms with van der Waals surface area (Å²) in [6.07, 6.45) is 0.234. The molecular weight excluding hydrogens is 162 g/mol. The molecule has 1 aromatic carbocycles. The van der Waals surface area contributed by atoms with Gasteiger partial charge in [0.2, 0.25) is 0 Å². The molecule has 2 atom stereocenters. The highest BCUT2D eigenvalue weighted by Gasteiger charge is 2.18. The van der Waals surface area contributed by atoms with Crippen LogP contribution in [-0.4, -0.2) is 19.2 Å². The maximum Gasteiger partial charge on any atom is 0.0950 e. The van der Waals surface area contributed by atoms with Crippen molar-refractivity contribution in [1.29, 1.82) is 0 Å². The van der Waals surface area contributed by atoms with E-state index >= 15 is 0 Å². The molecule has 13 heavy (non-hydrogen) atoms. The molecule has 0 spiro atoms. The fourth-order valence-corrected chi connectivity index (χ4v) is 1.57. The molecule has 0 amide bonds. The maximum atomic E-state index is 5.71. The van der Waals surface area contributed by atoms with Crippen LogP contribution in [0.25, 0.3) is 0 Å². The van der Waals surface area contributed by atoms with Crippen LogP contribution in [0.15, 0.2) is 30.3 Å². The van der Waals surface area contributed by atoms with Crippen molar-refractivity contribution in [2.24, 2.45) is 0 Å². The van der Waals surface area contributed by atoms with Crippen LogP contribution in [-0.2, 0) is 4.74 Å². The first-order chi connectivity index (χ1) is 6.36. The van der Waals surface area contributed by atoms with Crippen molar-refractivity contribution < 1.29 is 4.74 Å². The second-order valence-corrected chi connectivity index (χ2v) is 3.54. The summed E-state index contributed by atoms with van der Waals surface area (Å²) in [7, 11) is 0. The van der Waals surface area contributed by atoms with E-state index in [1.54, 1.807) is 0 Å². The molecule has 2 heteroatoms. The monoisotopic (exact) mass is 177 g/mol. The van der Waals surface area contributed by atoms with Crippen molar-refractivity contribution in [2.75, 3.05) is 13.2 Å². The lowest BCUT2D eigenvalue weighted by Gasteiger charge is -2.28. The minimum absolute atomic E-state index is 0.234. The third kappa shape index (κ3) is 2.08. The van der Waals surface area contributed by atoms with Crippen molar-refractivity contribution in [3.05, 3.63) is 35.9 Å². The quantitative estimate of drug-likeness (QED) is 0.705. The van der Waals surface area contributed by atoms with Crippen molar-refractivity contribution in [2.45, 2.75) is 19.1 Å². The highest BCUT2D eigenvalue weighted by atomic mass is 16.5. The Hall–Kier alpha value is -0.860. The lowest BCUT2D eigenvalue weighted by molar-refractivity contribution is 0.00695. The number of hydrogen-bond acceptors (Lipinski definition) is 2. The van der Waals surface area contributed by atoms with E-state index < -0.39 is 0 Å². The van der Waals surface area contributed by atoms with Gasteiger partial charge in [-0.3, -0.25) is 0 Å². The average molecular weight is 177 g/mol. The predicted octanol–water partition coefficient (Wildman–Crippen LogP) is 1.74. The van der Waals surface area contributed by atoms with Gasteiger partial charge >= 0.3 is 0 Å². The lowest BCUT2D eigenvalue weighted by atomic mass is 10.1. The predicted molar refractivity (Wildman–Crippen MR) is 52.6 cm³/mol. The Labute approximate surface area is 78.9 Å². The second-order valence-electron chi connectivity index (χ2n) is 3.54. The maximum absolute atomic E-state index is 5.71. The van der Waals surface area contributed by atoms with Crippen LogP contribution in [0.5, 0.6) is 0 Å². The fraction of sp³-hybridized carbons (Fsp3) is 0.455. The Balaban J connectivity index is 2.03. The van der Waals surface area contributed by atoms with Crippen LogP contribution >= 0.6 is 0 Å². The zero-order chi connectivity index (χ0) is 9.10. The Kier molecular flexibility index (Phi) is 2.62. The molecule has 0 radical (unpaired) electrons. The van der Waals surface area contributed by atoms with Gasteiger partial charge in [0.1, 0.15) is 0 Å². The minimum atomic E-state index is 0.234. The number of rotatable bonds is 1. The van der Waals surface area contributed by atoms with Gasteiger partial charge in [-0.25, -0.2) is 0 Å². The normalized spacial score (nSPS) is 28.7. The molecule has 0 bridgehead atoms. The van der Waals surface area contributed by atoms with Crippen LogP contribution in [0.2, 0.25) is 0 Å². The van der Waals surface area contributed by atoms with Gasteiger partial charge in [-0.05, 0) is 12.5 Å². The number of benzene rings is 1. The molecule has 2 rings (SSSR count). The Morgan fingerprint density at radius 2 is 2.08 bits per heavy atom. The van der Waals surface area contributed by atoms with E-state index in [1.807, 2.05) is 6.07 Å². The van der Waals surface area contributed by atoms with Crippen molar-refractivity contribution >= 4 is 0 Å². The topological polar surface area (TPSA) is 21.3 Å². The first-order valence-corrected chi connectivity index (χ1v) is 4.76. The Morgan fingerprint density at radius 1 is 1.31 bits per heavy atom. The summed E-state index contributed by atoms with van der Waals surface area (Å²) in [6.45, 7) is 3.87. The van der Waals surface area contributed by atoms with Crippen LogP contribution in [0.4, 0.5) is 0 Å². The highest BCUT2D eigenvalue weighted by Crippen LogP contribution is 2.19. The van der Waals surface area contributed by atoms with E-state index in [0.29, 0.717) is 6.04 Å². The van der Waals surface area contributed by atoms with Gasteiger partial charge in [0, 0.05) is 12.6 Å². The zero-order valence-corrected chi connectivity index (χ0v) is 7.86. The van der Waals surface area contributed by atoms with E-state index in [2.05, 4.69) is 36.5 Å². The average Bonchev–Trinajstić information content (AvgIpc) is 2.20. The van der Waals surface area contributed by atoms with Gasteiger partial charge < -0.3 is 10.1 Å². The van der Waals surface area contributed by atoms with Gasteiger partial charge in [0.05, 0.1) is 12.7 Å². The zero-order valence-electron chi connectivity index (χ0n) is 7.86. The molecular formula is C11H15NO. The summed E-state index contributed by atoms with van der Waals surface area (Å²) in [6, 6.07) is 10.8. The second kappa shape index (κ2) is 3.90. The largest absolute Gasteiger partial charge is 0.371 e. The fourth-order valence-electron chi connectivity index (χ4n) is 1.57. The molecule has 1 saturated heterocycles. The van der Waals surface area contributed by atoms with Crippen molar-refractivity contribution in [1.82, 2.24) is 5.32 Å². The summed E-state index contributed by atoms with van der Waals surface area (Å²) < 4.78 is 5.71. The summed E-state index contributed by atoms with van der Waals surface area (Å²) in [5.41, 5.74) is 1.27. The molecule has 1 N–H and O–H groups in total. The SMILES string of the molecule is C[C@@H]1CO[C@@H](c2ccccc2)CN1. The molecule has 2 nitrogen and oxygen atoms in total. The van der Waals surface area contributed by atoms with Crippen LogP contribution in [0.1, 0.15) is 18.6 Å². The first-order valence-electron chi connectivity index (χ1n) is 4.76. The molecule has 0 aromatic heterocycles. The summed E-state index contributed by atoms with van der Waals surface area (Å²) in [4.78, 5) is 0. The van der Waals surface area contributed by atoms with Crippen LogP contribution in [0.3, 0.4) is 0 Å². The molecule has 0 saturated carbocycles. The van der Waals surface area contributed by atoms with Crippen LogP contribution in [0, 0.1) is 0 Å². The third-order valence-electron chi connectivity index (χ3n) is 2.37. The van der Waals surface area contributed by atoms with Gasteiger partial charge in [0.15, 0.2) is 0 Å². The van der Waals surface area contributed by atoms with Crippen LogP contribution < -0.4 is 5.32 Å². The van der Waals surface area contributed by atoms with E-state index in [9.17, 15) is 0 Å². The number of hydrogen-bond donors (Lipinski definition) is 1. The van der Waals surface area contributed by atoms with E-state index in [0.717, 1.165) is 13.2 Å². The van der Waals surface area contributed by atoms with Crippen molar-refractivity contribution in [3.63, 3.8) is 0 Å². The van der Waals surface area contributed by atoms with Gasteiger partial charge in [0.25, 0.3) is 0 Å². The minimum Gasteiger partial charge on any atom is -0.371 e. The standard InChI is InChI=1S/C11H15NO/c1-9-8-13-11(7-12-9)10-5-3-2-4-6-10/h2-6,9,11-12H,7-8H2,1H3/t9-,11-/m1/s1. The van der Waals surface area contributed by atoms with Gasteiger partial charge in [-0.1, -0.05) is 30.3 Å². The third-order valence-corrected chi connectivity index (χ3v) is 2.37. The van der Waals surface area contributed by atoms with E-state index in [1.165, 1.54) is 5.56 Å². The van der Waals surface area contributed by atoms with Gasteiger partial charge in [-0.15, -0.1) is 0 Å². The van der Waals surface area contributed by atoms with E-state index in [4.69, 9.17) is 4.74 Å².